The number of amides is 1. The highest BCUT2D eigenvalue weighted by molar-refractivity contribution is 7.92. The quantitative estimate of drug-likeness (QED) is 0.845. The fourth-order valence-electron chi connectivity index (χ4n) is 1.41. The largest absolute Gasteiger partial charge is 0.329 e. The zero-order valence-electron chi connectivity index (χ0n) is 9.94. The Morgan fingerprint density at radius 3 is 2.67 bits per heavy atom. The minimum Gasteiger partial charge on any atom is -0.329 e. The molecule has 1 aromatic carbocycles. The van der Waals surface area contributed by atoms with Crippen LogP contribution in [0.1, 0.15) is 5.56 Å². The number of rotatable bonds is 5. The van der Waals surface area contributed by atoms with Crippen LogP contribution in [0.4, 0.5) is 5.69 Å². The summed E-state index contributed by atoms with van der Waals surface area (Å²) in [5, 5.41) is 3.09. The van der Waals surface area contributed by atoms with E-state index >= 15 is 0 Å². The molecular formula is C11H15ClN2O3S. The van der Waals surface area contributed by atoms with Crippen LogP contribution in [0.15, 0.2) is 18.2 Å². The smallest absolute Gasteiger partial charge is 0.239 e. The predicted octanol–water partition coefficient (Wildman–Crippen LogP) is 0.960. The normalized spacial score (nSPS) is 11.3. The molecule has 0 saturated carbocycles. The first kappa shape index (κ1) is 14.9. The topological polar surface area (TPSA) is 89.3 Å². The van der Waals surface area contributed by atoms with Gasteiger partial charge in [-0.25, -0.2) is 8.42 Å². The molecule has 0 unspecified atom stereocenters. The summed E-state index contributed by atoms with van der Waals surface area (Å²) in [4.78, 5) is 11.6. The standard InChI is InChI=1S/C11H15ClN2O3S/c1-8-6-9(12)2-3-10(8)14-11(15)7-18(16,17)5-4-13/h2-3,6H,4-5,7,13H2,1H3,(H,14,15). The second-order valence-electron chi connectivity index (χ2n) is 3.89. The van der Waals surface area contributed by atoms with Gasteiger partial charge in [0.05, 0.1) is 5.75 Å². The molecule has 1 rings (SSSR count). The fraction of sp³-hybridized carbons (Fsp3) is 0.364. The molecule has 1 amide bonds. The van der Waals surface area contributed by atoms with Crippen LogP contribution in [0.25, 0.3) is 0 Å². The summed E-state index contributed by atoms with van der Waals surface area (Å²) >= 11 is 5.78. The molecule has 7 heteroatoms. The molecule has 0 atom stereocenters. The Morgan fingerprint density at radius 1 is 1.44 bits per heavy atom. The Kier molecular flexibility index (Phi) is 5.13. The first-order valence-electron chi connectivity index (χ1n) is 5.30. The molecule has 0 aliphatic carbocycles. The molecule has 0 radical (unpaired) electrons. The minimum absolute atomic E-state index is 0.00951. The van der Waals surface area contributed by atoms with Crippen LogP contribution in [0.2, 0.25) is 5.02 Å². The highest BCUT2D eigenvalue weighted by atomic mass is 35.5. The number of nitrogens with one attached hydrogen (secondary N) is 1. The molecule has 0 heterocycles. The number of hydrogen-bond acceptors (Lipinski definition) is 4. The van der Waals surface area contributed by atoms with E-state index in [0.717, 1.165) is 5.56 Å². The van der Waals surface area contributed by atoms with E-state index in [9.17, 15) is 13.2 Å². The van der Waals surface area contributed by atoms with E-state index in [1.54, 1.807) is 25.1 Å². The molecule has 0 aliphatic rings. The lowest BCUT2D eigenvalue weighted by atomic mass is 10.2. The number of anilines is 1. The highest BCUT2D eigenvalue weighted by Crippen LogP contribution is 2.19. The summed E-state index contributed by atoms with van der Waals surface area (Å²) < 4.78 is 22.8. The van der Waals surface area contributed by atoms with Crippen LogP contribution in [-0.2, 0) is 14.6 Å². The monoisotopic (exact) mass is 290 g/mol. The van der Waals surface area contributed by atoms with Crippen molar-refractivity contribution in [3.8, 4) is 0 Å². The number of sulfone groups is 1. The van der Waals surface area contributed by atoms with E-state index in [1.165, 1.54) is 0 Å². The number of halogens is 1. The summed E-state index contributed by atoms with van der Waals surface area (Å²) in [6, 6.07) is 4.94. The molecule has 0 saturated heterocycles. The van der Waals surface area contributed by atoms with Gasteiger partial charge in [-0.05, 0) is 30.7 Å². The average molecular weight is 291 g/mol. The summed E-state index contributed by atoms with van der Waals surface area (Å²) in [5.41, 5.74) is 6.48. The van der Waals surface area contributed by atoms with Gasteiger partial charge in [-0.1, -0.05) is 11.6 Å². The molecule has 0 spiro atoms. The number of carbonyl (C=O) groups excluding carboxylic acids is 1. The lowest BCUT2D eigenvalue weighted by molar-refractivity contribution is -0.113. The SMILES string of the molecule is Cc1cc(Cl)ccc1NC(=O)CS(=O)(=O)CCN. The van der Waals surface area contributed by atoms with Gasteiger partial charge in [0.2, 0.25) is 5.91 Å². The van der Waals surface area contributed by atoms with Crippen LogP contribution in [0.3, 0.4) is 0 Å². The van der Waals surface area contributed by atoms with Crippen LogP contribution < -0.4 is 11.1 Å². The van der Waals surface area contributed by atoms with Crippen molar-refractivity contribution in [3.63, 3.8) is 0 Å². The van der Waals surface area contributed by atoms with Gasteiger partial charge in [0, 0.05) is 17.3 Å². The molecule has 0 aromatic heterocycles. The number of aryl methyl sites for hydroxylation is 1. The van der Waals surface area contributed by atoms with Gasteiger partial charge >= 0.3 is 0 Å². The molecule has 5 nitrogen and oxygen atoms in total. The predicted molar refractivity (Wildman–Crippen MR) is 72.5 cm³/mol. The molecule has 0 fully saturated rings. The molecule has 3 N–H and O–H groups in total. The summed E-state index contributed by atoms with van der Waals surface area (Å²) in [6.07, 6.45) is 0. The minimum atomic E-state index is -3.44. The van der Waals surface area contributed by atoms with Gasteiger partial charge in [0.25, 0.3) is 0 Å². The van der Waals surface area contributed by atoms with E-state index in [-0.39, 0.29) is 12.3 Å². The Hall–Kier alpha value is -1.11. The Labute approximate surface area is 111 Å². The van der Waals surface area contributed by atoms with Crippen LogP contribution in [-0.4, -0.2) is 32.4 Å². The Morgan fingerprint density at radius 2 is 2.11 bits per heavy atom. The number of hydrogen-bond donors (Lipinski definition) is 2. The Balaban J connectivity index is 2.71. The third-order valence-corrected chi connectivity index (χ3v) is 4.04. The van der Waals surface area contributed by atoms with Crippen molar-refractivity contribution >= 4 is 33.0 Å². The van der Waals surface area contributed by atoms with Gasteiger partial charge in [0.1, 0.15) is 5.75 Å². The van der Waals surface area contributed by atoms with E-state index in [2.05, 4.69) is 5.32 Å². The Bertz CT molecular complexity index is 543. The van der Waals surface area contributed by atoms with Gasteiger partial charge in [-0.2, -0.15) is 0 Å². The van der Waals surface area contributed by atoms with E-state index in [0.29, 0.717) is 10.7 Å². The van der Waals surface area contributed by atoms with E-state index in [1.807, 2.05) is 0 Å². The fourth-order valence-corrected chi connectivity index (χ4v) is 2.61. The lowest BCUT2D eigenvalue weighted by Crippen LogP contribution is -2.27. The van der Waals surface area contributed by atoms with Crippen molar-refractivity contribution < 1.29 is 13.2 Å². The zero-order chi connectivity index (χ0) is 13.8. The molecule has 0 bridgehead atoms. The molecule has 1 aromatic rings. The van der Waals surface area contributed by atoms with E-state index < -0.39 is 21.5 Å². The first-order chi connectivity index (χ1) is 8.34. The van der Waals surface area contributed by atoms with Crippen molar-refractivity contribution in [1.82, 2.24) is 0 Å². The molecule has 0 aliphatic heterocycles. The van der Waals surface area contributed by atoms with E-state index in [4.69, 9.17) is 17.3 Å². The number of benzene rings is 1. The second kappa shape index (κ2) is 6.17. The summed E-state index contributed by atoms with van der Waals surface area (Å²) in [5.74, 6) is -1.33. The molecule has 100 valence electrons. The summed E-state index contributed by atoms with van der Waals surface area (Å²) in [6.45, 7) is 1.78. The summed E-state index contributed by atoms with van der Waals surface area (Å²) in [7, 11) is -3.44. The maximum absolute atomic E-state index is 11.6. The van der Waals surface area contributed by atoms with Gasteiger partial charge in [-0.3, -0.25) is 4.79 Å². The first-order valence-corrected chi connectivity index (χ1v) is 7.50. The average Bonchev–Trinajstić information content (AvgIpc) is 2.21. The van der Waals surface area contributed by atoms with Gasteiger partial charge < -0.3 is 11.1 Å². The zero-order valence-corrected chi connectivity index (χ0v) is 11.5. The van der Waals surface area contributed by atoms with Gasteiger partial charge in [0.15, 0.2) is 9.84 Å². The second-order valence-corrected chi connectivity index (χ2v) is 6.51. The van der Waals surface area contributed by atoms with Gasteiger partial charge in [-0.15, -0.1) is 0 Å². The van der Waals surface area contributed by atoms with Crippen LogP contribution >= 0.6 is 11.6 Å². The molecular weight excluding hydrogens is 276 g/mol. The third-order valence-electron chi connectivity index (χ3n) is 2.24. The van der Waals surface area contributed by atoms with Crippen molar-refractivity contribution in [2.75, 3.05) is 23.4 Å². The molecule has 18 heavy (non-hydrogen) atoms. The third kappa shape index (κ3) is 4.64. The maximum atomic E-state index is 11.6. The van der Waals surface area contributed by atoms with Crippen LogP contribution in [0, 0.1) is 6.92 Å². The van der Waals surface area contributed by atoms with Crippen LogP contribution in [0.5, 0.6) is 0 Å². The van der Waals surface area contributed by atoms with Crippen molar-refractivity contribution in [2.45, 2.75) is 6.92 Å². The number of carbonyl (C=O) groups is 1. The maximum Gasteiger partial charge on any atom is 0.239 e. The van der Waals surface area contributed by atoms with Crippen molar-refractivity contribution in [3.05, 3.63) is 28.8 Å². The number of nitrogens with two attached hydrogens (primary N) is 1. The highest BCUT2D eigenvalue weighted by Gasteiger charge is 2.16. The lowest BCUT2D eigenvalue weighted by Gasteiger charge is -2.08. The van der Waals surface area contributed by atoms with Crippen molar-refractivity contribution in [1.29, 1.82) is 0 Å². The van der Waals surface area contributed by atoms with Crippen molar-refractivity contribution in [2.24, 2.45) is 5.73 Å².